The van der Waals surface area contributed by atoms with Crippen molar-refractivity contribution in [2.75, 3.05) is 19.0 Å². The zero-order chi connectivity index (χ0) is 20.0. The van der Waals surface area contributed by atoms with Crippen molar-refractivity contribution < 1.29 is 24.0 Å². The van der Waals surface area contributed by atoms with E-state index in [1.54, 1.807) is 12.1 Å². The second-order valence-corrected chi connectivity index (χ2v) is 6.04. The molecule has 0 aliphatic rings. The van der Waals surface area contributed by atoms with Crippen LogP contribution in [0.25, 0.3) is 0 Å². The predicted octanol–water partition coefficient (Wildman–Crippen LogP) is 3.52. The van der Waals surface area contributed by atoms with E-state index in [2.05, 4.69) is 23.9 Å². The third kappa shape index (κ3) is 5.27. The molecule has 0 heterocycles. The normalized spacial score (nSPS) is 10.4. The molecule has 2 rings (SSSR count). The first-order chi connectivity index (χ1) is 12.8. The maximum Gasteiger partial charge on any atom is 0.338 e. The number of methoxy groups -OCH3 is 1. The lowest BCUT2D eigenvalue weighted by molar-refractivity contribution is -0.385. The van der Waals surface area contributed by atoms with Gasteiger partial charge in [-0.2, -0.15) is 0 Å². The monoisotopic (exact) mass is 372 g/mol. The van der Waals surface area contributed by atoms with E-state index in [1.165, 1.54) is 19.2 Å². The van der Waals surface area contributed by atoms with Crippen LogP contribution in [0.1, 0.15) is 35.7 Å². The number of ether oxygens (including phenoxy) is 2. The summed E-state index contributed by atoms with van der Waals surface area (Å²) in [7, 11) is 1.18. The highest BCUT2D eigenvalue weighted by molar-refractivity contribution is 5.92. The van der Waals surface area contributed by atoms with Gasteiger partial charge in [0.15, 0.2) is 12.4 Å². The van der Waals surface area contributed by atoms with E-state index in [9.17, 15) is 19.7 Å². The molecule has 1 N–H and O–H groups in total. The number of benzene rings is 2. The summed E-state index contributed by atoms with van der Waals surface area (Å²) in [6.45, 7) is 3.73. The summed E-state index contributed by atoms with van der Waals surface area (Å²) in [5.74, 6) is -0.893. The second kappa shape index (κ2) is 8.79. The van der Waals surface area contributed by atoms with Gasteiger partial charge in [0.05, 0.1) is 17.6 Å². The van der Waals surface area contributed by atoms with Crippen molar-refractivity contribution >= 4 is 23.3 Å². The van der Waals surface area contributed by atoms with Crippen LogP contribution in [0.5, 0.6) is 5.75 Å². The lowest BCUT2D eigenvalue weighted by atomic mass is 10.0. The lowest BCUT2D eigenvalue weighted by Gasteiger charge is -2.10. The highest BCUT2D eigenvalue weighted by Gasteiger charge is 2.20. The molecule has 2 aromatic carbocycles. The number of nitro groups is 1. The molecule has 0 unspecified atom stereocenters. The molecule has 0 atom stereocenters. The Kier molecular flexibility index (Phi) is 6.48. The Hall–Kier alpha value is -3.42. The molecule has 0 radical (unpaired) electrons. The van der Waals surface area contributed by atoms with Crippen molar-refractivity contribution in [2.45, 2.75) is 19.8 Å². The van der Waals surface area contributed by atoms with Gasteiger partial charge in [0.25, 0.3) is 5.91 Å². The molecule has 0 aliphatic carbocycles. The minimum Gasteiger partial charge on any atom is -0.477 e. The Morgan fingerprint density at radius 2 is 1.81 bits per heavy atom. The number of amides is 1. The summed E-state index contributed by atoms with van der Waals surface area (Å²) in [5.41, 5.74) is 1.34. The Morgan fingerprint density at radius 3 is 2.37 bits per heavy atom. The number of esters is 1. The van der Waals surface area contributed by atoms with Crippen LogP contribution in [0.3, 0.4) is 0 Å². The highest BCUT2D eigenvalue weighted by Crippen LogP contribution is 2.28. The largest absolute Gasteiger partial charge is 0.477 e. The molecule has 1 amide bonds. The van der Waals surface area contributed by atoms with E-state index >= 15 is 0 Å². The standard InChI is InChI=1S/C19H20N2O6/c1-12(2)13-4-7-15(8-5-13)20-18(22)11-27-17-9-6-14(19(23)26-3)10-16(17)21(24)25/h4-10,12H,11H2,1-3H3,(H,20,22). The number of carbonyl (C=O) groups excluding carboxylic acids is 2. The number of hydrogen-bond donors (Lipinski definition) is 1. The molecule has 0 bridgehead atoms. The fourth-order valence-corrected chi connectivity index (χ4v) is 2.32. The molecule has 2 aromatic rings. The Labute approximate surface area is 156 Å². The van der Waals surface area contributed by atoms with Gasteiger partial charge in [-0.25, -0.2) is 4.79 Å². The van der Waals surface area contributed by atoms with Crippen LogP contribution in [0, 0.1) is 10.1 Å². The topological polar surface area (TPSA) is 108 Å². The molecule has 27 heavy (non-hydrogen) atoms. The molecule has 0 saturated carbocycles. The lowest BCUT2D eigenvalue weighted by Crippen LogP contribution is -2.20. The fraction of sp³-hybridized carbons (Fsp3) is 0.263. The van der Waals surface area contributed by atoms with Gasteiger partial charge in [0, 0.05) is 11.8 Å². The number of carbonyl (C=O) groups is 2. The summed E-state index contributed by atoms with van der Waals surface area (Å²) in [6.07, 6.45) is 0. The number of nitrogens with zero attached hydrogens (tertiary/aromatic N) is 1. The summed E-state index contributed by atoms with van der Waals surface area (Å²) < 4.78 is 9.79. The van der Waals surface area contributed by atoms with Crippen LogP contribution in [-0.4, -0.2) is 30.5 Å². The van der Waals surface area contributed by atoms with Crippen LogP contribution >= 0.6 is 0 Å². The van der Waals surface area contributed by atoms with E-state index in [1.807, 2.05) is 12.1 Å². The van der Waals surface area contributed by atoms with Gasteiger partial charge in [0.2, 0.25) is 0 Å². The Morgan fingerprint density at radius 1 is 1.15 bits per heavy atom. The fourth-order valence-electron chi connectivity index (χ4n) is 2.32. The van der Waals surface area contributed by atoms with Crippen LogP contribution in [0.4, 0.5) is 11.4 Å². The quantitative estimate of drug-likeness (QED) is 0.453. The molecule has 142 valence electrons. The van der Waals surface area contributed by atoms with Crippen molar-refractivity contribution in [3.63, 3.8) is 0 Å². The maximum absolute atomic E-state index is 12.0. The van der Waals surface area contributed by atoms with Gasteiger partial charge >= 0.3 is 11.7 Å². The minimum absolute atomic E-state index is 0.0197. The number of nitro benzene ring substituents is 1. The van der Waals surface area contributed by atoms with Crippen LogP contribution in [0.15, 0.2) is 42.5 Å². The first-order valence-electron chi connectivity index (χ1n) is 8.21. The zero-order valence-electron chi connectivity index (χ0n) is 15.2. The van der Waals surface area contributed by atoms with Crippen molar-refractivity contribution in [1.82, 2.24) is 0 Å². The van der Waals surface area contributed by atoms with Gasteiger partial charge in [-0.15, -0.1) is 0 Å². The van der Waals surface area contributed by atoms with Crippen molar-refractivity contribution in [3.8, 4) is 5.75 Å². The molecule has 0 aliphatic heterocycles. The Bertz CT molecular complexity index is 846. The van der Waals surface area contributed by atoms with Crippen LogP contribution in [0.2, 0.25) is 0 Å². The van der Waals surface area contributed by atoms with Gasteiger partial charge < -0.3 is 14.8 Å². The second-order valence-electron chi connectivity index (χ2n) is 6.04. The first-order valence-corrected chi connectivity index (χ1v) is 8.21. The summed E-state index contributed by atoms with van der Waals surface area (Å²) in [4.78, 5) is 34.0. The third-order valence-electron chi connectivity index (χ3n) is 3.80. The average Bonchev–Trinajstić information content (AvgIpc) is 2.65. The molecular formula is C19H20N2O6. The van der Waals surface area contributed by atoms with Gasteiger partial charge in [0.1, 0.15) is 0 Å². The summed E-state index contributed by atoms with van der Waals surface area (Å²) >= 11 is 0. The van der Waals surface area contributed by atoms with Crippen molar-refractivity contribution in [2.24, 2.45) is 0 Å². The third-order valence-corrected chi connectivity index (χ3v) is 3.80. The number of hydrogen-bond acceptors (Lipinski definition) is 6. The van der Waals surface area contributed by atoms with Crippen molar-refractivity contribution in [1.29, 1.82) is 0 Å². The number of rotatable bonds is 7. The molecule has 8 heteroatoms. The molecule has 0 spiro atoms. The zero-order valence-corrected chi connectivity index (χ0v) is 15.2. The van der Waals surface area contributed by atoms with Crippen molar-refractivity contribution in [3.05, 3.63) is 63.7 Å². The Balaban J connectivity index is 2.03. The predicted molar refractivity (Wildman–Crippen MR) is 99.1 cm³/mol. The van der Waals surface area contributed by atoms with Gasteiger partial charge in [-0.05, 0) is 35.7 Å². The van der Waals surface area contributed by atoms with Gasteiger partial charge in [-0.3, -0.25) is 14.9 Å². The highest BCUT2D eigenvalue weighted by atomic mass is 16.6. The maximum atomic E-state index is 12.0. The summed E-state index contributed by atoms with van der Waals surface area (Å²) in [6, 6.07) is 11.0. The average molecular weight is 372 g/mol. The van der Waals surface area contributed by atoms with E-state index in [-0.39, 0.29) is 11.3 Å². The molecule has 0 saturated heterocycles. The summed E-state index contributed by atoms with van der Waals surface area (Å²) in [5, 5.41) is 13.8. The molecule has 0 aromatic heterocycles. The molecular weight excluding hydrogens is 352 g/mol. The van der Waals surface area contributed by atoms with E-state index < -0.39 is 29.1 Å². The SMILES string of the molecule is COC(=O)c1ccc(OCC(=O)Nc2ccc(C(C)C)cc2)c([N+](=O)[O-])c1. The first kappa shape index (κ1) is 19.9. The van der Waals surface area contributed by atoms with Gasteiger partial charge in [-0.1, -0.05) is 26.0 Å². The minimum atomic E-state index is -0.702. The number of anilines is 1. The molecule has 8 nitrogen and oxygen atoms in total. The number of nitrogens with one attached hydrogen (secondary N) is 1. The smallest absolute Gasteiger partial charge is 0.338 e. The molecule has 0 fully saturated rings. The van der Waals surface area contributed by atoms with Crippen LogP contribution in [-0.2, 0) is 9.53 Å². The van der Waals surface area contributed by atoms with E-state index in [0.29, 0.717) is 11.6 Å². The van der Waals surface area contributed by atoms with E-state index in [0.717, 1.165) is 11.6 Å². The van der Waals surface area contributed by atoms with E-state index in [4.69, 9.17) is 4.74 Å². The van der Waals surface area contributed by atoms with Crippen LogP contribution < -0.4 is 10.1 Å².